The molecule has 6 nitrogen and oxygen atoms in total. The van der Waals surface area contributed by atoms with Gasteiger partial charge in [0.25, 0.3) is 0 Å². The first-order chi connectivity index (χ1) is 7.69. The highest BCUT2D eigenvalue weighted by Crippen LogP contribution is 2.05. The third-order valence-electron chi connectivity index (χ3n) is 2.28. The van der Waals surface area contributed by atoms with Gasteiger partial charge in [0, 0.05) is 12.2 Å². The smallest absolute Gasteiger partial charge is 0.164 e. The third kappa shape index (κ3) is 2.27. The maximum absolute atomic E-state index is 5.44. The lowest BCUT2D eigenvalue weighted by Gasteiger charge is -2.03. The van der Waals surface area contributed by atoms with Crippen molar-refractivity contribution < 1.29 is 0 Å². The van der Waals surface area contributed by atoms with Gasteiger partial charge in [-0.15, -0.1) is 0 Å². The van der Waals surface area contributed by atoms with Crippen LogP contribution < -0.4 is 5.73 Å². The minimum atomic E-state index is 0.368. The van der Waals surface area contributed by atoms with E-state index in [0.29, 0.717) is 25.0 Å². The average molecular weight is 220 g/mol. The molecule has 2 rings (SSSR count). The molecule has 2 N–H and O–H groups in total. The molecule has 6 heteroatoms. The van der Waals surface area contributed by atoms with Crippen molar-refractivity contribution in [3.63, 3.8) is 0 Å². The molecule has 2 aromatic rings. The molecular formula is C10H16N6. The van der Waals surface area contributed by atoms with Crippen LogP contribution in [0.5, 0.6) is 0 Å². The summed E-state index contributed by atoms with van der Waals surface area (Å²) in [5.41, 5.74) is 6.42. The average Bonchev–Trinajstić information content (AvgIpc) is 2.87. The van der Waals surface area contributed by atoms with Crippen LogP contribution in [0.15, 0.2) is 18.6 Å². The highest BCUT2D eigenvalue weighted by molar-refractivity contribution is 5.00. The van der Waals surface area contributed by atoms with Crippen LogP contribution in [0, 0.1) is 0 Å². The fourth-order valence-corrected chi connectivity index (χ4v) is 1.42. The van der Waals surface area contributed by atoms with Gasteiger partial charge in [-0.3, -0.25) is 4.68 Å². The number of nitrogens with zero attached hydrogens (tertiary/aromatic N) is 5. The van der Waals surface area contributed by atoms with Crippen molar-refractivity contribution in [2.75, 3.05) is 0 Å². The molecule has 86 valence electrons. The van der Waals surface area contributed by atoms with E-state index in [4.69, 9.17) is 5.73 Å². The zero-order valence-electron chi connectivity index (χ0n) is 9.54. The molecule has 0 aliphatic carbocycles. The highest BCUT2D eigenvalue weighted by Gasteiger charge is 2.04. The molecule has 0 aliphatic heterocycles. The van der Waals surface area contributed by atoms with E-state index < -0.39 is 0 Å². The van der Waals surface area contributed by atoms with E-state index in [9.17, 15) is 0 Å². The summed E-state index contributed by atoms with van der Waals surface area (Å²) in [7, 11) is 0. The second kappa shape index (κ2) is 4.44. The van der Waals surface area contributed by atoms with Crippen LogP contribution in [0.2, 0.25) is 0 Å². The van der Waals surface area contributed by atoms with Crippen LogP contribution in [0.4, 0.5) is 0 Å². The van der Waals surface area contributed by atoms with E-state index in [1.54, 1.807) is 11.0 Å². The van der Waals surface area contributed by atoms with Crippen molar-refractivity contribution in [2.24, 2.45) is 5.73 Å². The lowest BCUT2D eigenvalue weighted by atomic mass is 10.4. The van der Waals surface area contributed by atoms with Crippen molar-refractivity contribution in [3.8, 4) is 0 Å². The van der Waals surface area contributed by atoms with Crippen LogP contribution in [-0.2, 0) is 13.1 Å². The third-order valence-corrected chi connectivity index (χ3v) is 2.28. The quantitative estimate of drug-likeness (QED) is 0.817. The topological polar surface area (TPSA) is 74.5 Å². The lowest BCUT2D eigenvalue weighted by Crippen LogP contribution is -2.06. The minimum Gasteiger partial charge on any atom is -0.324 e. The number of hydrogen-bond acceptors (Lipinski definition) is 4. The summed E-state index contributed by atoms with van der Waals surface area (Å²) in [6.45, 7) is 5.19. The Balaban J connectivity index is 2.08. The fraction of sp³-hybridized carbons (Fsp3) is 0.500. The van der Waals surface area contributed by atoms with Gasteiger partial charge in [0.15, 0.2) is 5.82 Å². The normalized spacial score (nSPS) is 11.2. The number of rotatable bonds is 4. The van der Waals surface area contributed by atoms with Crippen molar-refractivity contribution in [3.05, 3.63) is 30.1 Å². The van der Waals surface area contributed by atoms with E-state index in [-0.39, 0.29) is 0 Å². The van der Waals surface area contributed by atoms with Gasteiger partial charge in [0.2, 0.25) is 0 Å². The summed E-state index contributed by atoms with van der Waals surface area (Å²) in [6.07, 6.45) is 3.65. The highest BCUT2D eigenvalue weighted by atomic mass is 15.3. The Hall–Kier alpha value is -1.69. The summed E-state index contributed by atoms with van der Waals surface area (Å²) < 4.78 is 3.67. The van der Waals surface area contributed by atoms with Gasteiger partial charge in [-0.2, -0.15) is 10.2 Å². The molecule has 0 unspecified atom stereocenters. The molecule has 2 aromatic heterocycles. The van der Waals surface area contributed by atoms with Crippen LogP contribution >= 0.6 is 0 Å². The predicted molar refractivity (Wildman–Crippen MR) is 59.6 cm³/mol. The monoisotopic (exact) mass is 220 g/mol. The van der Waals surface area contributed by atoms with Crippen LogP contribution in [0.25, 0.3) is 0 Å². The Morgan fingerprint density at radius 1 is 1.38 bits per heavy atom. The molecule has 0 aliphatic rings. The minimum absolute atomic E-state index is 0.368. The van der Waals surface area contributed by atoms with Gasteiger partial charge in [0.1, 0.15) is 6.33 Å². The van der Waals surface area contributed by atoms with E-state index in [1.165, 1.54) is 0 Å². The van der Waals surface area contributed by atoms with Crippen molar-refractivity contribution in [2.45, 2.75) is 33.0 Å². The van der Waals surface area contributed by atoms with E-state index in [2.05, 4.69) is 29.0 Å². The summed E-state index contributed by atoms with van der Waals surface area (Å²) >= 11 is 0. The maximum Gasteiger partial charge on any atom is 0.164 e. The molecule has 0 bridgehead atoms. The second-order valence-corrected chi connectivity index (χ2v) is 3.94. The van der Waals surface area contributed by atoms with Gasteiger partial charge >= 0.3 is 0 Å². The first kappa shape index (κ1) is 10.8. The first-order valence-corrected chi connectivity index (χ1v) is 5.31. The van der Waals surface area contributed by atoms with Crippen molar-refractivity contribution >= 4 is 0 Å². The standard InChI is InChI=1S/C10H16N6/c1-8(2)16-4-3-9(13-16)6-15-7-12-10(5-11)14-15/h3-4,7-8H,5-6,11H2,1-2H3. The molecule has 0 saturated heterocycles. The SMILES string of the molecule is CC(C)n1ccc(Cn2cnc(CN)n2)n1. The number of nitrogens with two attached hydrogens (primary N) is 1. The van der Waals surface area contributed by atoms with Crippen molar-refractivity contribution in [1.29, 1.82) is 0 Å². The van der Waals surface area contributed by atoms with Gasteiger partial charge in [0.05, 0.1) is 18.8 Å². The molecule has 16 heavy (non-hydrogen) atoms. The Morgan fingerprint density at radius 3 is 2.75 bits per heavy atom. The molecule has 0 fully saturated rings. The van der Waals surface area contributed by atoms with Gasteiger partial charge in [-0.25, -0.2) is 9.67 Å². The van der Waals surface area contributed by atoms with Crippen LogP contribution in [0.3, 0.4) is 0 Å². The molecule has 0 spiro atoms. The number of aromatic nitrogens is 5. The zero-order chi connectivity index (χ0) is 11.5. The molecule has 0 amide bonds. The fourth-order valence-electron chi connectivity index (χ4n) is 1.42. The van der Waals surface area contributed by atoms with Gasteiger partial charge in [-0.1, -0.05) is 0 Å². The van der Waals surface area contributed by atoms with Gasteiger partial charge in [-0.05, 0) is 19.9 Å². The number of hydrogen-bond donors (Lipinski definition) is 1. The summed E-state index contributed by atoms with van der Waals surface area (Å²) in [4.78, 5) is 4.07. The second-order valence-electron chi connectivity index (χ2n) is 3.94. The molecule has 2 heterocycles. The molecule has 0 radical (unpaired) electrons. The summed E-state index contributed by atoms with van der Waals surface area (Å²) in [5, 5.41) is 8.65. The predicted octanol–water partition coefficient (Wildman–Crippen LogP) is 0.562. The molecule has 0 atom stereocenters. The Labute approximate surface area is 94.1 Å². The van der Waals surface area contributed by atoms with Crippen LogP contribution in [-0.4, -0.2) is 24.5 Å². The van der Waals surface area contributed by atoms with E-state index in [1.807, 2.05) is 16.9 Å². The molecular weight excluding hydrogens is 204 g/mol. The largest absolute Gasteiger partial charge is 0.324 e. The zero-order valence-corrected chi connectivity index (χ0v) is 9.54. The molecule has 0 aromatic carbocycles. The van der Waals surface area contributed by atoms with Crippen LogP contribution in [0.1, 0.15) is 31.4 Å². The Morgan fingerprint density at radius 2 is 2.19 bits per heavy atom. The van der Waals surface area contributed by atoms with Gasteiger partial charge < -0.3 is 5.73 Å². The van der Waals surface area contributed by atoms with E-state index in [0.717, 1.165) is 5.69 Å². The Bertz CT molecular complexity index is 455. The lowest BCUT2D eigenvalue weighted by molar-refractivity contribution is 0.520. The first-order valence-electron chi connectivity index (χ1n) is 5.31. The maximum atomic E-state index is 5.44. The molecule has 0 saturated carbocycles. The van der Waals surface area contributed by atoms with Crippen molar-refractivity contribution in [1.82, 2.24) is 24.5 Å². The summed E-state index contributed by atoms with van der Waals surface area (Å²) in [6, 6.07) is 2.37. The Kier molecular flexibility index (Phi) is 3.00. The van der Waals surface area contributed by atoms with E-state index >= 15 is 0 Å². The summed E-state index contributed by atoms with van der Waals surface area (Å²) in [5.74, 6) is 0.656.